The molecule has 0 aliphatic heterocycles. The van der Waals surface area contributed by atoms with E-state index in [9.17, 15) is 9.59 Å². The molecule has 19 heavy (non-hydrogen) atoms. The van der Waals surface area contributed by atoms with E-state index in [0.717, 1.165) is 0 Å². The lowest BCUT2D eigenvalue weighted by Gasteiger charge is -2.11. The van der Waals surface area contributed by atoms with E-state index in [1.807, 2.05) is 6.07 Å². The van der Waals surface area contributed by atoms with Gasteiger partial charge in [-0.05, 0) is 12.1 Å². The summed E-state index contributed by atoms with van der Waals surface area (Å²) in [6.45, 7) is 3.92. The fraction of sp³-hybridized carbons (Fsp3) is 0.286. The summed E-state index contributed by atoms with van der Waals surface area (Å²) in [5.41, 5.74) is 0.569. The minimum atomic E-state index is -0.411. The standard InChI is InChI=1S/C14H17NO4/c1-3-10-19-12-7-5-4-6-11(12)15-13(16)8-9-14(17)18-2/h3-7H,1,8-10H2,2H3,(H,15,16). The van der Waals surface area contributed by atoms with Crippen molar-refractivity contribution in [3.05, 3.63) is 36.9 Å². The molecule has 0 aromatic heterocycles. The van der Waals surface area contributed by atoms with Crippen LogP contribution in [0, 0.1) is 0 Å². The summed E-state index contributed by atoms with van der Waals surface area (Å²) in [7, 11) is 1.29. The number of esters is 1. The predicted molar refractivity (Wildman–Crippen MR) is 72.0 cm³/mol. The van der Waals surface area contributed by atoms with Gasteiger partial charge in [-0.25, -0.2) is 0 Å². The van der Waals surface area contributed by atoms with Gasteiger partial charge < -0.3 is 14.8 Å². The van der Waals surface area contributed by atoms with Crippen LogP contribution in [-0.2, 0) is 14.3 Å². The quantitative estimate of drug-likeness (QED) is 0.604. The van der Waals surface area contributed by atoms with E-state index in [1.165, 1.54) is 7.11 Å². The SMILES string of the molecule is C=CCOc1ccccc1NC(=O)CCC(=O)OC. The average molecular weight is 263 g/mol. The van der Waals surface area contributed by atoms with Gasteiger partial charge in [0.2, 0.25) is 5.91 Å². The summed E-state index contributed by atoms with van der Waals surface area (Å²) < 4.78 is 9.88. The Labute approximate surface area is 112 Å². The fourth-order valence-corrected chi connectivity index (χ4v) is 1.37. The number of hydrogen-bond donors (Lipinski definition) is 1. The first kappa shape index (κ1) is 14.8. The molecule has 1 N–H and O–H groups in total. The van der Waals surface area contributed by atoms with Gasteiger partial charge in [-0.1, -0.05) is 24.8 Å². The number of carbonyl (C=O) groups is 2. The number of rotatable bonds is 7. The molecule has 1 rings (SSSR count). The van der Waals surface area contributed by atoms with Gasteiger partial charge in [0.05, 0.1) is 19.2 Å². The Morgan fingerprint density at radius 3 is 2.74 bits per heavy atom. The minimum absolute atomic E-state index is 0.0536. The van der Waals surface area contributed by atoms with Crippen molar-refractivity contribution in [1.82, 2.24) is 0 Å². The summed E-state index contributed by atoms with van der Waals surface area (Å²) in [5, 5.41) is 2.69. The van der Waals surface area contributed by atoms with Gasteiger partial charge in [0, 0.05) is 6.42 Å². The number of carbonyl (C=O) groups excluding carboxylic acids is 2. The van der Waals surface area contributed by atoms with Gasteiger partial charge >= 0.3 is 5.97 Å². The zero-order chi connectivity index (χ0) is 14.1. The lowest BCUT2D eigenvalue weighted by atomic mass is 10.2. The number of anilines is 1. The van der Waals surface area contributed by atoms with Crippen LogP contribution in [0.25, 0.3) is 0 Å². The second-order valence-corrected chi connectivity index (χ2v) is 3.72. The molecule has 0 saturated carbocycles. The van der Waals surface area contributed by atoms with Gasteiger partial charge in [0.25, 0.3) is 0 Å². The van der Waals surface area contributed by atoms with Gasteiger partial charge in [-0.2, -0.15) is 0 Å². The summed E-state index contributed by atoms with van der Waals surface area (Å²) in [4.78, 5) is 22.6. The number of ether oxygens (including phenoxy) is 2. The maximum atomic E-state index is 11.7. The first-order chi connectivity index (χ1) is 9.17. The number of methoxy groups -OCH3 is 1. The van der Waals surface area contributed by atoms with Gasteiger partial charge in [0.1, 0.15) is 12.4 Å². The Morgan fingerprint density at radius 2 is 2.05 bits per heavy atom. The summed E-state index contributed by atoms with van der Waals surface area (Å²) in [6, 6.07) is 7.08. The van der Waals surface area contributed by atoms with Crippen LogP contribution in [-0.4, -0.2) is 25.6 Å². The molecule has 0 unspecified atom stereocenters. The highest BCUT2D eigenvalue weighted by Crippen LogP contribution is 2.23. The third kappa shape index (κ3) is 5.25. The first-order valence-corrected chi connectivity index (χ1v) is 5.86. The molecule has 0 heterocycles. The van der Waals surface area contributed by atoms with Crippen LogP contribution in [0.5, 0.6) is 5.75 Å². The molecule has 1 aromatic rings. The van der Waals surface area contributed by atoms with E-state index in [0.29, 0.717) is 18.0 Å². The van der Waals surface area contributed by atoms with E-state index in [4.69, 9.17) is 4.74 Å². The topological polar surface area (TPSA) is 64.6 Å². The highest BCUT2D eigenvalue weighted by atomic mass is 16.5. The predicted octanol–water partition coefficient (Wildman–Crippen LogP) is 2.14. The maximum Gasteiger partial charge on any atom is 0.306 e. The molecular weight excluding hydrogens is 246 g/mol. The van der Waals surface area contributed by atoms with Gasteiger partial charge in [0.15, 0.2) is 0 Å². The monoisotopic (exact) mass is 263 g/mol. The van der Waals surface area contributed by atoms with E-state index in [2.05, 4.69) is 16.6 Å². The highest BCUT2D eigenvalue weighted by Gasteiger charge is 2.09. The molecule has 0 atom stereocenters. The number of hydrogen-bond acceptors (Lipinski definition) is 4. The number of benzene rings is 1. The molecule has 0 bridgehead atoms. The zero-order valence-electron chi connectivity index (χ0n) is 10.8. The Bertz CT molecular complexity index is 457. The van der Waals surface area contributed by atoms with Crippen LogP contribution in [0.15, 0.2) is 36.9 Å². The smallest absolute Gasteiger partial charge is 0.306 e. The van der Waals surface area contributed by atoms with Crippen LogP contribution in [0.4, 0.5) is 5.69 Å². The van der Waals surface area contributed by atoms with Crippen molar-refractivity contribution < 1.29 is 19.1 Å². The van der Waals surface area contributed by atoms with Crippen molar-refractivity contribution in [1.29, 1.82) is 0 Å². The molecule has 0 saturated heterocycles. The second-order valence-electron chi connectivity index (χ2n) is 3.72. The molecule has 5 heteroatoms. The van der Waals surface area contributed by atoms with Crippen LogP contribution in [0.3, 0.4) is 0 Å². The Hall–Kier alpha value is -2.30. The van der Waals surface area contributed by atoms with E-state index >= 15 is 0 Å². The van der Waals surface area contributed by atoms with Crippen molar-refractivity contribution in [2.24, 2.45) is 0 Å². The molecular formula is C14H17NO4. The third-order valence-electron chi connectivity index (χ3n) is 2.30. The molecule has 1 amide bonds. The lowest BCUT2D eigenvalue weighted by Crippen LogP contribution is -2.14. The van der Waals surface area contributed by atoms with Gasteiger partial charge in [-0.15, -0.1) is 0 Å². The first-order valence-electron chi connectivity index (χ1n) is 5.86. The van der Waals surface area contributed by atoms with Crippen LogP contribution >= 0.6 is 0 Å². The number of nitrogens with one attached hydrogen (secondary N) is 1. The summed E-state index contributed by atoms with van der Waals surface area (Å²) in [6.07, 6.45) is 1.75. The molecule has 5 nitrogen and oxygen atoms in total. The van der Waals surface area contributed by atoms with Crippen molar-refractivity contribution >= 4 is 17.6 Å². The molecule has 0 aliphatic carbocycles. The van der Waals surface area contributed by atoms with E-state index in [-0.39, 0.29) is 18.7 Å². The second kappa shape index (κ2) is 7.92. The molecule has 0 radical (unpaired) electrons. The molecule has 0 aliphatic rings. The summed E-state index contributed by atoms with van der Waals surface area (Å²) in [5.74, 6) is -0.111. The third-order valence-corrected chi connectivity index (χ3v) is 2.30. The Kier molecular flexibility index (Phi) is 6.15. The molecule has 0 spiro atoms. The Balaban J connectivity index is 2.58. The Morgan fingerprint density at radius 1 is 1.32 bits per heavy atom. The normalized spacial score (nSPS) is 9.53. The fourth-order valence-electron chi connectivity index (χ4n) is 1.37. The number of para-hydroxylation sites is 2. The molecule has 102 valence electrons. The van der Waals surface area contributed by atoms with Crippen molar-refractivity contribution in [2.75, 3.05) is 19.0 Å². The average Bonchev–Trinajstić information content (AvgIpc) is 2.43. The van der Waals surface area contributed by atoms with E-state index in [1.54, 1.807) is 24.3 Å². The largest absolute Gasteiger partial charge is 0.487 e. The lowest BCUT2D eigenvalue weighted by molar-refractivity contribution is -0.141. The van der Waals surface area contributed by atoms with Crippen molar-refractivity contribution in [3.8, 4) is 5.75 Å². The van der Waals surface area contributed by atoms with Crippen molar-refractivity contribution in [2.45, 2.75) is 12.8 Å². The molecule has 0 fully saturated rings. The zero-order valence-corrected chi connectivity index (χ0v) is 10.8. The van der Waals surface area contributed by atoms with Gasteiger partial charge in [-0.3, -0.25) is 9.59 Å². The maximum absolute atomic E-state index is 11.7. The van der Waals surface area contributed by atoms with Crippen LogP contribution < -0.4 is 10.1 Å². The van der Waals surface area contributed by atoms with Crippen molar-refractivity contribution in [3.63, 3.8) is 0 Å². The highest BCUT2D eigenvalue weighted by molar-refractivity contribution is 5.93. The molecule has 1 aromatic carbocycles. The van der Waals surface area contributed by atoms with Crippen LogP contribution in [0.2, 0.25) is 0 Å². The minimum Gasteiger partial charge on any atom is -0.487 e. The summed E-state index contributed by atoms with van der Waals surface area (Å²) >= 11 is 0. The van der Waals surface area contributed by atoms with E-state index < -0.39 is 5.97 Å². The van der Waals surface area contributed by atoms with Crippen LogP contribution in [0.1, 0.15) is 12.8 Å². The number of amides is 1.